The zero-order valence-corrected chi connectivity index (χ0v) is 15.2. The Labute approximate surface area is 151 Å². The minimum absolute atomic E-state index is 0.329. The molecule has 0 aromatic carbocycles. The predicted octanol–water partition coefficient (Wildman–Crippen LogP) is 3.35. The van der Waals surface area contributed by atoms with Gasteiger partial charge in [0, 0.05) is 30.4 Å². The third kappa shape index (κ3) is 3.57. The summed E-state index contributed by atoms with van der Waals surface area (Å²) >= 11 is 1.68. The summed E-state index contributed by atoms with van der Waals surface area (Å²) in [5, 5.41) is 12.4. The lowest BCUT2D eigenvalue weighted by molar-refractivity contribution is 0.789. The summed E-state index contributed by atoms with van der Waals surface area (Å²) in [5.41, 5.74) is 1.96. The molecule has 0 radical (unpaired) electrons. The van der Waals surface area contributed by atoms with Crippen LogP contribution in [-0.4, -0.2) is 40.1 Å². The number of fused-ring (bicyclic) bond motifs is 1. The molecular weight excluding hydrogens is 332 g/mol. The molecule has 1 aliphatic heterocycles. The Morgan fingerprint density at radius 2 is 2.20 bits per heavy atom. The molecule has 130 valence electrons. The van der Waals surface area contributed by atoms with Crippen molar-refractivity contribution in [3.8, 4) is 11.4 Å². The molecule has 3 N–H and O–H groups in total. The molecule has 0 unspecified atom stereocenters. The summed E-state index contributed by atoms with van der Waals surface area (Å²) in [6.07, 6.45) is 2.92. The molecule has 1 atom stereocenters. The predicted molar refractivity (Wildman–Crippen MR) is 104 cm³/mol. The Bertz CT molecular complexity index is 869. The van der Waals surface area contributed by atoms with Gasteiger partial charge in [0.15, 0.2) is 5.82 Å². The Morgan fingerprint density at radius 1 is 1.28 bits per heavy atom. The lowest BCUT2D eigenvalue weighted by Crippen LogP contribution is -2.22. The molecule has 0 aliphatic carbocycles. The summed E-state index contributed by atoms with van der Waals surface area (Å²) in [4.78, 5) is 14.0. The number of hydrogen-bond donors (Lipinski definition) is 3. The summed E-state index contributed by atoms with van der Waals surface area (Å²) in [5.74, 6) is 2.50. The molecule has 0 bridgehead atoms. The highest BCUT2D eigenvalue weighted by Crippen LogP contribution is 2.30. The van der Waals surface area contributed by atoms with Crippen LogP contribution in [0.1, 0.15) is 20.3 Å². The number of aromatic nitrogens is 3. The molecule has 1 aliphatic rings. The fraction of sp³-hybridized carbons (Fsp3) is 0.389. The van der Waals surface area contributed by atoms with Crippen LogP contribution in [0.3, 0.4) is 0 Å². The summed E-state index contributed by atoms with van der Waals surface area (Å²) in [6.45, 7) is 6.22. The van der Waals surface area contributed by atoms with Crippen molar-refractivity contribution in [2.45, 2.75) is 32.4 Å². The van der Waals surface area contributed by atoms with Gasteiger partial charge in [-0.3, -0.25) is 0 Å². The van der Waals surface area contributed by atoms with E-state index in [1.165, 1.54) is 0 Å². The van der Waals surface area contributed by atoms with Crippen LogP contribution in [-0.2, 0) is 0 Å². The first-order valence-electron chi connectivity index (χ1n) is 8.64. The Morgan fingerprint density at radius 3 is 3.00 bits per heavy atom. The quantitative estimate of drug-likeness (QED) is 0.652. The molecule has 4 heterocycles. The average Bonchev–Trinajstić information content (AvgIpc) is 3.25. The van der Waals surface area contributed by atoms with E-state index in [1.807, 2.05) is 12.1 Å². The SMILES string of the molecule is CC(C)Nc1cc(-c2nc(N[C@@H]3CCNC3)c3sccc3n2)ccn1. The van der Waals surface area contributed by atoms with Crippen molar-refractivity contribution in [2.75, 3.05) is 23.7 Å². The molecular formula is C18H22N6S. The minimum Gasteiger partial charge on any atom is -0.368 e. The highest BCUT2D eigenvalue weighted by molar-refractivity contribution is 7.17. The lowest BCUT2D eigenvalue weighted by atomic mass is 10.2. The topological polar surface area (TPSA) is 74.8 Å². The molecule has 7 heteroatoms. The molecule has 0 amide bonds. The van der Waals surface area contributed by atoms with Crippen LogP contribution >= 0.6 is 11.3 Å². The number of nitrogens with one attached hydrogen (secondary N) is 3. The van der Waals surface area contributed by atoms with Crippen LogP contribution in [0.2, 0.25) is 0 Å². The first-order valence-corrected chi connectivity index (χ1v) is 9.52. The van der Waals surface area contributed by atoms with Crippen LogP contribution in [0.4, 0.5) is 11.6 Å². The summed E-state index contributed by atoms with van der Waals surface area (Å²) < 4.78 is 1.12. The van der Waals surface area contributed by atoms with Crippen molar-refractivity contribution in [3.05, 3.63) is 29.8 Å². The van der Waals surface area contributed by atoms with Crippen LogP contribution in [0.5, 0.6) is 0 Å². The number of anilines is 2. The van der Waals surface area contributed by atoms with Gasteiger partial charge >= 0.3 is 0 Å². The molecule has 25 heavy (non-hydrogen) atoms. The van der Waals surface area contributed by atoms with Crippen molar-refractivity contribution in [1.29, 1.82) is 0 Å². The van der Waals surface area contributed by atoms with E-state index in [1.54, 1.807) is 17.5 Å². The number of rotatable bonds is 5. The Kier molecular flexibility index (Phi) is 4.50. The van der Waals surface area contributed by atoms with Crippen LogP contribution in [0.25, 0.3) is 21.6 Å². The molecule has 1 fully saturated rings. The molecule has 3 aromatic heterocycles. The van der Waals surface area contributed by atoms with E-state index >= 15 is 0 Å². The largest absolute Gasteiger partial charge is 0.368 e. The number of thiophene rings is 1. The van der Waals surface area contributed by atoms with Crippen molar-refractivity contribution in [2.24, 2.45) is 0 Å². The summed E-state index contributed by atoms with van der Waals surface area (Å²) in [7, 11) is 0. The maximum absolute atomic E-state index is 4.83. The third-order valence-corrected chi connectivity index (χ3v) is 5.07. The molecule has 4 rings (SSSR count). The minimum atomic E-state index is 0.329. The van der Waals surface area contributed by atoms with Gasteiger partial charge in [0.05, 0.1) is 10.2 Å². The lowest BCUT2D eigenvalue weighted by Gasteiger charge is -2.14. The second-order valence-electron chi connectivity index (χ2n) is 6.59. The maximum Gasteiger partial charge on any atom is 0.162 e. The zero-order valence-electron chi connectivity index (χ0n) is 14.4. The maximum atomic E-state index is 4.83. The fourth-order valence-corrected chi connectivity index (χ4v) is 3.79. The van der Waals surface area contributed by atoms with E-state index in [2.05, 4.69) is 46.2 Å². The molecule has 1 saturated heterocycles. The van der Waals surface area contributed by atoms with Gasteiger partial charge in [-0.15, -0.1) is 11.3 Å². The zero-order chi connectivity index (χ0) is 17.2. The van der Waals surface area contributed by atoms with E-state index < -0.39 is 0 Å². The normalized spacial score (nSPS) is 17.3. The van der Waals surface area contributed by atoms with E-state index in [0.29, 0.717) is 12.1 Å². The van der Waals surface area contributed by atoms with Crippen LogP contribution in [0, 0.1) is 0 Å². The Balaban J connectivity index is 1.72. The van der Waals surface area contributed by atoms with E-state index in [0.717, 1.165) is 52.8 Å². The fourth-order valence-electron chi connectivity index (χ4n) is 3.01. The smallest absolute Gasteiger partial charge is 0.162 e. The van der Waals surface area contributed by atoms with Crippen LogP contribution < -0.4 is 16.0 Å². The highest BCUT2D eigenvalue weighted by Gasteiger charge is 2.18. The molecule has 0 spiro atoms. The van der Waals surface area contributed by atoms with E-state index in [-0.39, 0.29) is 0 Å². The van der Waals surface area contributed by atoms with Gasteiger partial charge in [0.25, 0.3) is 0 Å². The van der Waals surface area contributed by atoms with Crippen molar-refractivity contribution in [3.63, 3.8) is 0 Å². The standard InChI is InChI=1S/C18H22N6S/c1-11(2)21-15-9-12(3-7-20-15)17-23-14-5-8-25-16(14)18(24-17)22-13-4-6-19-10-13/h3,5,7-9,11,13,19H,4,6,10H2,1-2H3,(H,20,21)(H,22,23,24)/t13-/m1/s1. The average molecular weight is 354 g/mol. The van der Waals surface area contributed by atoms with Gasteiger partial charge in [0.1, 0.15) is 11.6 Å². The van der Waals surface area contributed by atoms with Crippen molar-refractivity contribution in [1.82, 2.24) is 20.3 Å². The second kappa shape index (κ2) is 6.93. The first kappa shape index (κ1) is 16.2. The van der Waals surface area contributed by atoms with Crippen molar-refractivity contribution >= 4 is 33.2 Å². The van der Waals surface area contributed by atoms with Gasteiger partial charge < -0.3 is 16.0 Å². The van der Waals surface area contributed by atoms with E-state index in [9.17, 15) is 0 Å². The van der Waals surface area contributed by atoms with Crippen LogP contribution in [0.15, 0.2) is 29.8 Å². The van der Waals surface area contributed by atoms with Gasteiger partial charge in [-0.1, -0.05) is 0 Å². The van der Waals surface area contributed by atoms with Crippen molar-refractivity contribution < 1.29 is 0 Å². The van der Waals surface area contributed by atoms with Gasteiger partial charge in [-0.2, -0.15) is 0 Å². The first-order chi connectivity index (χ1) is 12.2. The van der Waals surface area contributed by atoms with E-state index in [4.69, 9.17) is 9.97 Å². The number of hydrogen-bond acceptors (Lipinski definition) is 7. The van der Waals surface area contributed by atoms with Gasteiger partial charge in [-0.05, 0) is 50.4 Å². The highest BCUT2D eigenvalue weighted by atomic mass is 32.1. The Hall–Kier alpha value is -2.25. The monoisotopic (exact) mass is 354 g/mol. The third-order valence-electron chi connectivity index (χ3n) is 4.16. The number of nitrogens with zero attached hydrogens (tertiary/aromatic N) is 3. The summed E-state index contributed by atoms with van der Waals surface area (Å²) in [6, 6.07) is 6.77. The second-order valence-corrected chi connectivity index (χ2v) is 7.51. The molecule has 6 nitrogen and oxygen atoms in total. The number of pyridine rings is 1. The van der Waals surface area contributed by atoms with Gasteiger partial charge in [-0.25, -0.2) is 15.0 Å². The molecule has 0 saturated carbocycles. The van der Waals surface area contributed by atoms with Gasteiger partial charge in [0.2, 0.25) is 0 Å². The molecule has 3 aromatic rings.